The average Bonchev–Trinajstić information content (AvgIpc) is 3.02. The van der Waals surface area contributed by atoms with Gasteiger partial charge in [0.05, 0.1) is 16.1 Å². The van der Waals surface area contributed by atoms with Crippen LogP contribution >= 0.6 is 0 Å². The van der Waals surface area contributed by atoms with Gasteiger partial charge in [0.2, 0.25) is 0 Å². The van der Waals surface area contributed by atoms with Crippen LogP contribution in [0.3, 0.4) is 0 Å². The maximum absolute atomic E-state index is 13.7. The lowest BCUT2D eigenvalue weighted by molar-refractivity contribution is -0.139. The van der Waals surface area contributed by atoms with Crippen LogP contribution < -0.4 is 10.0 Å². The molecule has 3 N–H and O–H groups in total. The average molecular weight is 343 g/mol. The van der Waals surface area contributed by atoms with Crippen LogP contribution in [0.2, 0.25) is 0 Å². The molecule has 122 valence electrons. The van der Waals surface area contributed by atoms with Crippen molar-refractivity contribution >= 4 is 27.6 Å². The summed E-state index contributed by atoms with van der Waals surface area (Å²) in [4.78, 5) is 14.7. The molecule has 2 aromatic rings. The van der Waals surface area contributed by atoms with Crippen LogP contribution in [0.1, 0.15) is 18.3 Å². The highest BCUT2D eigenvalue weighted by Crippen LogP contribution is 2.41. The number of carbonyl (C=O) groups is 1. The summed E-state index contributed by atoms with van der Waals surface area (Å²) in [6, 6.07) is 2.97. The number of H-pyrrole nitrogens is 1. The Kier molecular flexibility index (Phi) is 3.32. The Morgan fingerprint density at radius 3 is 2.74 bits per heavy atom. The molecule has 0 bridgehead atoms. The first-order valence-electron chi connectivity index (χ1n) is 6.52. The summed E-state index contributed by atoms with van der Waals surface area (Å²) in [5.74, 6) is -4.99. The molecule has 1 aromatic heterocycles. The van der Waals surface area contributed by atoms with E-state index in [4.69, 9.17) is 0 Å². The van der Waals surface area contributed by atoms with Gasteiger partial charge in [-0.05, 0) is 18.2 Å². The fourth-order valence-corrected chi connectivity index (χ4v) is 3.03. The molecule has 1 aliphatic heterocycles. The Labute approximate surface area is 129 Å². The third kappa shape index (κ3) is 2.52. The molecule has 23 heavy (non-hydrogen) atoms. The van der Waals surface area contributed by atoms with Crippen LogP contribution in [0.15, 0.2) is 23.1 Å². The van der Waals surface area contributed by atoms with Crippen molar-refractivity contribution < 1.29 is 22.0 Å². The quantitative estimate of drug-likeness (QED) is 0.771. The number of nitrogens with zero attached hydrogens (tertiary/aromatic N) is 2. The van der Waals surface area contributed by atoms with Crippen molar-refractivity contribution in [3.63, 3.8) is 0 Å². The minimum Gasteiger partial charge on any atom is -0.320 e. The third-order valence-electron chi connectivity index (χ3n) is 3.27. The minimum absolute atomic E-state index is 0.120. The molecule has 3 rings (SSSR count). The number of amides is 1. The summed E-state index contributed by atoms with van der Waals surface area (Å²) in [6.07, 6.45) is 0.521. The fourth-order valence-electron chi connectivity index (χ4n) is 2.06. The Bertz CT molecular complexity index is 894. The van der Waals surface area contributed by atoms with E-state index in [0.29, 0.717) is 12.2 Å². The molecule has 1 aromatic carbocycles. The number of halogens is 2. The van der Waals surface area contributed by atoms with E-state index in [1.165, 1.54) is 0 Å². The van der Waals surface area contributed by atoms with Crippen molar-refractivity contribution in [1.29, 1.82) is 0 Å². The summed E-state index contributed by atoms with van der Waals surface area (Å²) in [6.45, 7) is 1.80. The lowest BCUT2D eigenvalue weighted by Gasteiger charge is -2.09. The van der Waals surface area contributed by atoms with Gasteiger partial charge in [0, 0.05) is 6.42 Å². The molecular weight excluding hydrogens is 332 g/mol. The van der Waals surface area contributed by atoms with Gasteiger partial charge >= 0.3 is 5.92 Å². The first-order valence-corrected chi connectivity index (χ1v) is 8.00. The van der Waals surface area contributed by atoms with E-state index >= 15 is 0 Å². The normalized spacial score (nSPS) is 16.0. The van der Waals surface area contributed by atoms with Crippen LogP contribution in [-0.2, 0) is 27.2 Å². The molecule has 0 saturated heterocycles. The van der Waals surface area contributed by atoms with E-state index in [0.717, 1.165) is 18.2 Å². The molecule has 0 atom stereocenters. The summed E-state index contributed by atoms with van der Waals surface area (Å²) in [5, 5.41) is 8.19. The van der Waals surface area contributed by atoms with Gasteiger partial charge in [-0.25, -0.2) is 13.1 Å². The maximum Gasteiger partial charge on any atom is 0.352 e. The second-order valence-corrected chi connectivity index (χ2v) is 6.48. The number of aryl methyl sites for hydroxylation is 1. The number of hydrogen-bond donors (Lipinski definition) is 3. The number of fused-ring (bicyclic) bond motifs is 1. The number of hydrogen-bond acceptors (Lipinski definition) is 5. The molecule has 0 unspecified atom stereocenters. The summed E-state index contributed by atoms with van der Waals surface area (Å²) >= 11 is 0. The molecule has 1 amide bonds. The number of benzene rings is 1. The zero-order valence-electron chi connectivity index (χ0n) is 11.7. The third-order valence-corrected chi connectivity index (χ3v) is 4.59. The first kappa shape index (κ1) is 15.3. The minimum atomic E-state index is -4.16. The summed E-state index contributed by atoms with van der Waals surface area (Å²) in [5.41, 5.74) is -0.806. The lowest BCUT2D eigenvalue weighted by atomic mass is 10.1. The summed E-state index contributed by atoms with van der Waals surface area (Å²) < 4.78 is 54.0. The van der Waals surface area contributed by atoms with Gasteiger partial charge < -0.3 is 5.32 Å². The Morgan fingerprint density at radius 1 is 1.35 bits per heavy atom. The number of nitrogens with one attached hydrogen (secondary N) is 3. The standard InChI is InChI=1S/C12H11F2N5O3S/c1-2-9-16-11(18-17-9)19-23(21,22)6-3-4-8-7(5-6)12(13,14)10(20)15-8/h3-5H,2H2,1H3,(H,15,20)(H2,16,17,18,19). The van der Waals surface area contributed by atoms with Gasteiger partial charge in [0.1, 0.15) is 5.82 Å². The van der Waals surface area contributed by atoms with Crippen molar-refractivity contribution in [3.8, 4) is 0 Å². The number of rotatable bonds is 4. The number of aromatic amines is 1. The number of aromatic nitrogens is 3. The van der Waals surface area contributed by atoms with Crippen molar-refractivity contribution in [3.05, 3.63) is 29.6 Å². The van der Waals surface area contributed by atoms with Gasteiger partial charge in [-0.15, -0.1) is 5.10 Å². The Hall–Kier alpha value is -2.56. The van der Waals surface area contributed by atoms with E-state index in [1.54, 1.807) is 6.92 Å². The number of anilines is 2. The largest absolute Gasteiger partial charge is 0.352 e. The van der Waals surface area contributed by atoms with Gasteiger partial charge in [0.15, 0.2) is 0 Å². The Morgan fingerprint density at radius 2 is 2.09 bits per heavy atom. The molecule has 0 fully saturated rings. The molecule has 8 nitrogen and oxygen atoms in total. The smallest absolute Gasteiger partial charge is 0.320 e. The molecule has 0 spiro atoms. The van der Waals surface area contributed by atoms with Crippen molar-refractivity contribution in [2.45, 2.75) is 24.2 Å². The first-order chi connectivity index (χ1) is 10.7. The van der Waals surface area contributed by atoms with Crippen molar-refractivity contribution in [2.24, 2.45) is 0 Å². The highest BCUT2D eigenvalue weighted by atomic mass is 32.2. The molecule has 0 saturated carbocycles. The zero-order chi connectivity index (χ0) is 16.8. The van der Waals surface area contributed by atoms with E-state index in [1.807, 2.05) is 5.32 Å². The lowest BCUT2D eigenvalue weighted by Crippen LogP contribution is -2.24. The maximum atomic E-state index is 13.7. The van der Waals surface area contributed by atoms with Crippen LogP contribution in [-0.4, -0.2) is 29.5 Å². The van der Waals surface area contributed by atoms with Gasteiger partial charge in [-0.3, -0.25) is 9.89 Å². The van der Waals surface area contributed by atoms with E-state index in [2.05, 4.69) is 19.9 Å². The predicted octanol–water partition coefficient (Wildman–Crippen LogP) is 1.21. The van der Waals surface area contributed by atoms with Gasteiger partial charge in [-0.1, -0.05) is 6.92 Å². The van der Waals surface area contributed by atoms with Crippen LogP contribution in [0.25, 0.3) is 0 Å². The Balaban J connectivity index is 1.96. The second-order valence-electron chi connectivity index (χ2n) is 4.80. The zero-order valence-corrected chi connectivity index (χ0v) is 12.5. The van der Waals surface area contributed by atoms with Crippen molar-refractivity contribution in [2.75, 3.05) is 10.0 Å². The molecular formula is C12H11F2N5O3S. The van der Waals surface area contributed by atoms with Gasteiger partial charge in [0.25, 0.3) is 21.9 Å². The highest BCUT2D eigenvalue weighted by molar-refractivity contribution is 7.92. The highest BCUT2D eigenvalue weighted by Gasteiger charge is 2.48. The number of sulfonamides is 1. The van der Waals surface area contributed by atoms with E-state index < -0.39 is 32.3 Å². The summed E-state index contributed by atoms with van der Waals surface area (Å²) in [7, 11) is -4.16. The molecule has 11 heteroatoms. The topological polar surface area (TPSA) is 117 Å². The fraction of sp³-hybridized carbons (Fsp3) is 0.250. The van der Waals surface area contributed by atoms with Crippen LogP contribution in [0.5, 0.6) is 0 Å². The second kappa shape index (κ2) is 4.98. The van der Waals surface area contributed by atoms with Crippen molar-refractivity contribution in [1.82, 2.24) is 15.2 Å². The van der Waals surface area contributed by atoms with E-state index in [9.17, 15) is 22.0 Å². The monoisotopic (exact) mass is 343 g/mol. The van der Waals surface area contributed by atoms with Crippen LogP contribution in [0.4, 0.5) is 20.4 Å². The number of carbonyl (C=O) groups excluding carboxylic acids is 1. The molecule has 2 heterocycles. The number of alkyl halides is 2. The molecule has 0 aliphatic carbocycles. The molecule has 0 radical (unpaired) electrons. The van der Waals surface area contributed by atoms with E-state index in [-0.39, 0.29) is 11.6 Å². The molecule has 1 aliphatic rings. The van der Waals surface area contributed by atoms with Crippen LogP contribution in [0, 0.1) is 0 Å². The SMILES string of the molecule is CCc1nc(NS(=O)(=O)c2ccc3c(c2)C(F)(F)C(=O)N3)n[nH]1. The van der Waals surface area contributed by atoms with Gasteiger partial charge in [-0.2, -0.15) is 13.8 Å². The predicted molar refractivity (Wildman–Crippen MR) is 75.5 cm³/mol.